The first kappa shape index (κ1) is 22.8. The van der Waals surface area contributed by atoms with E-state index in [4.69, 9.17) is 4.74 Å². The van der Waals surface area contributed by atoms with Gasteiger partial charge in [-0.15, -0.1) is 0 Å². The summed E-state index contributed by atoms with van der Waals surface area (Å²) in [5, 5.41) is 12.6. The van der Waals surface area contributed by atoms with Crippen LogP contribution in [0.25, 0.3) is 0 Å². The predicted molar refractivity (Wildman–Crippen MR) is 132 cm³/mol. The topological polar surface area (TPSA) is 56.3 Å². The summed E-state index contributed by atoms with van der Waals surface area (Å²) >= 11 is 0. The normalized spacial score (nSPS) is 34.0. The molecule has 186 valence electrons. The first-order chi connectivity index (χ1) is 16.5. The number of amides is 1. The number of rotatable bonds is 7. The van der Waals surface area contributed by atoms with Crippen LogP contribution in [-0.2, 0) is 16.6 Å². The van der Waals surface area contributed by atoms with E-state index in [0.29, 0.717) is 19.4 Å². The predicted octanol–water partition coefficient (Wildman–Crippen LogP) is 2.81. The van der Waals surface area contributed by atoms with Crippen LogP contribution in [-0.4, -0.2) is 90.3 Å². The van der Waals surface area contributed by atoms with Gasteiger partial charge in [0.15, 0.2) is 0 Å². The summed E-state index contributed by atoms with van der Waals surface area (Å²) in [6.45, 7) is 7.04. The number of ether oxygens (including phenoxy) is 1. The van der Waals surface area contributed by atoms with Crippen molar-refractivity contribution >= 4 is 5.91 Å². The maximum Gasteiger partial charge on any atom is 0.223 e. The number of nitrogens with zero attached hydrogens (tertiary/aromatic N) is 3. The molecule has 34 heavy (non-hydrogen) atoms. The number of fused-ring (bicyclic) bond motifs is 1. The van der Waals surface area contributed by atoms with Gasteiger partial charge in [-0.2, -0.15) is 0 Å². The Morgan fingerprint density at radius 1 is 1.09 bits per heavy atom. The molecule has 6 heteroatoms. The lowest BCUT2D eigenvalue weighted by Gasteiger charge is -2.61. The van der Waals surface area contributed by atoms with E-state index in [1.165, 1.54) is 49.9 Å². The maximum atomic E-state index is 13.7. The molecule has 4 fully saturated rings. The first-order valence-corrected chi connectivity index (χ1v) is 13.7. The highest BCUT2D eigenvalue weighted by Crippen LogP contribution is 2.57. The van der Waals surface area contributed by atoms with Crippen LogP contribution in [0.1, 0.15) is 62.5 Å². The Morgan fingerprint density at radius 2 is 1.91 bits per heavy atom. The van der Waals surface area contributed by atoms with Crippen LogP contribution < -0.4 is 4.74 Å². The number of benzene rings is 1. The van der Waals surface area contributed by atoms with Crippen LogP contribution in [0.4, 0.5) is 0 Å². The van der Waals surface area contributed by atoms with Crippen LogP contribution in [0, 0.1) is 5.92 Å². The first-order valence-electron chi connectivity index (χ1n) is 13.7. The van der Waals surface area contributed by atoms with Crippen molar-refractivity contribution in [3.63, 3.8) is 0 Å². The molecule has 1 aromatic carbocycles. The number of aliphatic hydroxyl groups is 1. The third-order valence-electron chi connectivity index (χ3n) is 9.75. The Balaban J connectivity index is 1.30. The molecule has 1 saturated carbocycles. The molecule has 5 aliphatic rings. The molecular weight excluding hydrogens is 426 g/mol. The molecule has 3 aliphatic heterocycles. The summed E-state index contributed by atoms with van der Waals surface area (Å²) < 4.78 is 5.60. The summed E-state index contributed by atoms with van der Waals surface area (Å²) in [6, 6.07) is 6.46. The number of hydrogen-bond donors (Lipinski definition) is 1. The van der Waals surface area contributed by atoms with Gasteiger partial charge in [0.05, 0.1) is 12.7 Å². The van der Waals surface area contributed by atoms with Gasteiger partial charge in [0, 0.05) is 37.5 Å². The SMILES string of the molecule is COc1ccc2c(c1)C13CCN(CC4CC4)C(C2)C1(O)CCN(CCCN1CCCC1)C(=O)C3. The van der Waals surface area contributed by atoms with Crippen molar-refractivity contribution in [2.24, 2.45) is 5.92 Å². The smallest absolute Gasteiger partial charge is 0.223 e. The zero-order valence-electron chi connectivity index (χ0n) is 20.8. The summed E-state index contributed by atoms with van der Waals surface area (Å²) in [5.41, 5.74) is 1.08. The van der Waals surface area contributed by atoms with E-state index in [9.17, 15) is 9.90 Å². The van der Waals surface area contributed by atoms with Gasteiger partial charge in [-0.05, 0) is 107 Å². The van der Waals surface area contributed by atoms with Crippen molar-refractivity contribution in [2.75, 3.05) is 52.9 Å². The molecule has 0 aromatic heterocycles. The van der Waals surface area contributed by atoms with Crippen molar-refractivity contribution < 1.29 is 14.6 Å². The Labute approximate surface area is 204 Å². The van der Waals surface area contributed by atoms with E-state index in [0.717, 1.165) is 57.1 Å². The fourth-order valence-corrected chi connectivity index (χ4v) is 7.63. The van der Waals surface area contributed by atoms with Crippen LogP contribution in [0.3, 0.4) is 0 Å². The second kappa shape index (κ2) is 8.79. The minimum Gasteiger partial charge on any atom is -0.497 e. The fraction of sp³-hybridized carbons (Fsp3) is 0.750. The van der Waals surface area contributed by atoms with Crippen molar-refractivity contribution in [1.29, 1.82) is 0 Å². The van der Waals surface area contributed by atoms with Crippen molar-refractivity contribution in [1.82, 2.24) is 14.7 Å². The number of likely N-dealkylation sites (tertiary alicyclic amines) is 3. The zero-order valence-corrected chi connectivity index (χ0v) is 20.8. The quantitative estimate of drug-likeness (QED) is 0.668. The van der Waals surface area contributed by atoms with Gasteiger partial charge < -0.3 is 19.6 Å². The number of methoxy groups -OCH3 is 1. The van der Waals surface area contributed by atoms with E-state index < -0.39 is 11.0 Å². The Bertz CT molecular complexity index is 927. The summed E-state index contributed by atoms with van der Waals surface area (Å²) in [7, 11) is 1.70. The number of piperidine rings is 1. The molecule has 3 atom stereocenters. The lowest BCUT2D eigenvalue weighted by molar-refractivity contribution is -0.153. The van der Waals surface area contributed by atoms with Gasteiger partial charge in [-0.3, -0.25) is 9.69 Å². The highest BCUT2D eigenvalue weighted by atomic mass is 16.5. The van der Waals surface area contributed by atoms with E-state index in [1.807, 2.05) is 6.07 Å². The van der Waals surface area contributed by atoms with Gasteiger partial charge in [0.1, 0.15) is 5.75 Å². The monoisotopic (exact) mass is 467 g/mol. The molecule has 3 unspecified atom stereocenters. The maximum absolute atomic E-state index is 13.7. The minimum absolute atomic E-state index is 0.0973. The second-order valence-corrected chi connectivity index (χ2v) is 11.6. The highest BCUT2D eigenvalue weighted by molar-refractivity contribution is 5.79. The van der Waals surface area contributed by atoms with E-state index >= 15 is 0 Å². The Hall–Kier alpha value is -1.63. The van der Waals surface area contributed by atoms with Gasteiger partial charge in [0.25, 0.3) is 0 Å². The minimum atomic E-state index is -0.876. The number of hydrogen-bond acceptors (Lipinski definition) is 5. The lowest BCUT2D eigenvalue weighted by atomic mass is 9.52. The molecule has 1 N–H and O–H groups in total. The summed E-state index contributed by atoms with van der Waals surface area (Å²) in [4.78, 5) is 20.9. The third kappa shape index (κ3) is 3.77. The molecule has 1 aromatic rings. The van der Waals surface area contributed by atoms with Gasteiger partial charge in [0.2, 0.25) is 5.91 Å². The third-order valence-corrected chi connectivity index (χ3v) is 9.75. The van der Waals surface area contributed by atoms with Gasteiger partial charge >= 0.3 is 0 Å². The van der Waals surface area contributed by atoms with Crippen molar-refractivity contribution in [2.45, 2.75) is 74.8 Å². The molecule has 3 heterocycles. The number of carbonyl (C=O) groups excluding carboxylic acids is 1. The van der Waals surface area contributed by atoms with Crippen LogP contribution in [0.5, 0.6) is 5.75 Å². The second-order valence-electron chi connectivity index (χ2n) is 11.6. The van der Waals surface area contributed by atoms with Crippen molar-refractivity contribution in [3.05, 3.63) is 29.3 Å². The zero-order chi connectivity index (χ0) is 23.3. The van der Waals surface area contributed by atoms with E-state index in [1.54, 1.807) is 7.11 Å². The fourth-order valence-electron chi connectivity index (χ4n) is 7.63. The Morgan fingerprint density at radius 3 is 2.68 bits per heavy atom. The molecule has 0 spiro atoms. The van der Waals surface area contributed by atoms with Crippen molar-refractivity contribution in [3.8, 4) is 5.75 Å². The lowest BCUT2D eigenvalue weighted by Crippen LogP contribution is -2.71. The molecule has 0 radical (unpaired) electrons. The molecule has 6 nitrogen and oxygen atoms in total. The van der Waals surface area contributed by atoms with Crippen LogP contribution >= 0.6 is 0 Å². The molecule has 1 amide bonds. The van der Waals surface area contributed by atoms with Crippen LogP contribution in [0.15, 0.2) is 18.2 Å². The Kier molecular flexibility index (Phi) is 5.90. The van der Waals surface area contributed by atoms with Gasteiger partial charge in [-0.1, -0.05) is 6.07 Å². The van der Waals surface area contributed by atoms with Crippen LogP contribution in [0.2, 0.25) is 0 Å². The van der Waals surface area contributed by atoms with Gasteiger partial charge in [-0.25, -0.2) is 0 Å². The van der Waals surface area contributed by atoms with E-state index in [-0.39, 0.29) is 11.9 Å². The summed E-state index contributed by atoms with van der Waals surface area (Å²) in [6.07, 6.45) is 9.09. The molecule has 2 bridgehead atoms. The standard InChI is InChI=1S/C28H41N3O3/c1-34-23-8-7-22-17-25-28(33)10-16-30(14-4-13-29-11-2-3-12-29)26(32)19-27(28,24(22)18-23)9-15-31(25)20-21-5-6-21/h7-8,18,21,25,33H,2-6,9-17,19-20H2,1H3. The molecular formula is C28H41N3O3. The summed E-state index contributed by atoms with van der Waals surface area (Å²) in [5.74, 6) is 1.85. The molecule has 6 rings (SSSR count). The highest BCUT2D eigenvalue weighted by Gasteiger charge is 2.64. The number of carbonyl (C=O) groups is 1. The average Bonchev–Trinajstić information content (AvgIpc) is 3.52. The van der Waals surface area contributed by atoms with E-state index in [2.05, 4.69) is 26.8 Å². The average molecular weight is 468 g/mol. The molecule has 3 saturated heterocycles. The largest absolute Gasteiger partial charge is 0.497 e. The molecule has 2 aliphatic carbocycles.